The number of anilines is 1. The average Bonchev–Trinajstić information content (AvgIpc) is 2.51. The van der Waals surface area contributed by atoms with Crippen molar-refractivity contribution in [2.75, 3.05) is 17.6 Å². The normalized spacial score (nSPS) is 11.0. The van der Waals surface area contributed by atoms with Crippen LogP contribution in [0.15, 0.2) is 42.5 Å². The number of Topliss-reactive ketones (excluding diaryl/α,β-unsaturated/α-hetero) is 1. The third kappa shape index (κ3) is 5.74. The first-order chi connectivity index (χ1) is 11.7. The fourth-order valence-electron chi connectivity index (χ4n) is 1.93. The molecule has 0 unspecified atom stereocenters. The third-order valence-corrected chi connectivity index (χ3v) is 4.12. The quantitative estimate of drug-likeness (QED) is 0.591. The van der Waals surface area contributed by atoms with Crippen LogP contribution in [-0.4, -0.2) is 33.0 Å². The second-order valence-corrected chi connectivity index (χ2v) is 7.67. The number of hydrogen-bond donors (Lipinski definition) is 1. The Morgan fingerprint density at radius 1 is 1.12 bits per heavy atom. The first-order valence-corrected chi connectivity index (χ1v) is 9.54. The number of ether oxygens (including phenoxy) is 1. The molecule has 0 saturated heterocycles. The van der Waals surface area contributed by atoms with E-state index in [4.69, 9.17) is 27.9 Å². The summed E-state index contributed by atoms with van der Waals surface area (Å²) in [6.45, 7) is -0.510. The summed E-state index contributed by atoms with van der Waals surface area (Å²) >= 11 is 11.7. The van der Waals surface area contributed by atoms with E-state index in [1.807, 2.05) is 0 Å². The van der Waals surface area contributed by atoms with Crippen molar-refractivity contribution in [2.45, 2.75) is 0 Å². The van der Waals surface area contributed by atoms with Crippen LogP contribution < -0.4 is 4.72 Å². The zero-order valence-corrected chi connectivity index (χ0v) is 15.3. The second-order valence-electron chi connectivity index (χ2n) is 5.08. The van der Waals surface area contributed by atoms with Crippen LogP contribution in [0.4, 0.5) is 5.69 Å². The maximum atomic E-state index is 12.1. The smallest absolute Gasteiger partial charge is 0.338 e. The van der Waals surface area contributed by atoms with Gasteiger partial charge in [0.1, 0.15) is 0 Å². The van der Waals surface area contributed by atoms with Gasteiger partial charge in [0.15, 0.2) is 6.61 Å². The Balaban J connectivity index is 2.05. The van der Waals surface area contributed by atoms with Crippen molar-refractivity contribution >= 4 is 50.7 Å². The molecule has 0 aliphatic heterocycles. The van der Waals surface area contributed by atoms with E-state index in [1.165, 1.54) is 42.5 Å². The average molecular weight is 402 g/mol. The zero-order chi connectivity index (χ0) is 18.6. The summed E-state index contributed by atoms with van der Waals surface area (Å²) in [7, 11) is -3.47. The standard InChI is InChI=1S/C16H13Cl2NO5S/c1-25(22,23)19-12-4-2-3-10(7-12)16(21)24-9-15(20)13-6-5-11(17)8-14(13)18/h2-8,19H,9H2,1H3. The maximum Gasteiger partial charge on any atom is 0.338 e. The largest absolute Gasteiger partial charge is 0.454 e. The van der Waals surface area contributed by atoms with Gasteiger partial charge in [-0.3, -0.25) is 9.52 Å². The predicted molar refractivity (Wildman–Crippen MR) is 96.0 cm³/mol. The molecular weight excluding hydrogens is 389 g/mol. The molecule has 0 amide bonds. The summed E-state index contributed by atoms with van der Waals surface area (Å²) in [5.74, 6) is -1.25. The van der Waals surface area contributed by atoms with Crippen molar-refractivity contribution in [1.29, 1.82) is 0 Å². The lowest BCUT2D eigenvalue weighted by Gasteiger charge is -2.08. The van der Waals surface area contributed by atoms with Gasteiger partial charge in [0, 0.05) is 16.3 Å². The van der Waals surface area contributed by atoms with Gasteiger partial charge >= 0.3 is 5.97 Å². The van der Waals surface area contributed by atoms with E-state index in [0.717, 1.165) is 6.26 Å². The Morgan fingerprint density at radius 3 is 2.48 bits per heavy atom. The van der Waals surface area contributed by atoms with Gasteiger partial charge < -0.3 is 4.74 Å². The highest BCUT2D eigenvalue weighted by Crippen LogP contribution is 2.21. The molecule has 0 fully saturated rings. The summed E-state index contributed by atoms with van der Waals surface area (Å²) in [5.41, 5.74) is 0.499. The number of halogens is 2. The van der Waals surface area contributed by atoms with Crippen LogP contribution in [0.25, 0.3) is 0 Å². The van der Waals surface area contributed by atoms with Gasteiger partial charge in [0.2, 0.25) is 15.8 Å². The second kappa shape index (κ2) is 7.86. The molecule has 0 atom stereocenters. The highest BCUT2D eigenvalue weighted by molar-refractivity contribution is 7.92. The zero-order valence-electron chi connectivity index (χ0n) is 13.0. The summed E-state index contributed by atoms with van der Waals surface area (Å²) in [4.78, 5) is 24.1. The Labute approximate surface area is 154 Å². The van der Waals surface area contributed by atoms with E-state index in [9.17, 15) is 18.0 Å². The number of rotatable bonds is 6. The Bertz CT molecular complexity index is 928. The minimum atomic E-state index is -3.47. The molecule has 0 aromatic heterocycles. The molecule has 0 aliphatic rings. The van der Waals surface area contributed by atoms with Crippen LogP contribution in [0.5, 0.6) is 0 Å². The highest BCUT2D eigenvalue weighted by Gasteiger charge is 2.15. The molecule has 1 N–H and O–H groups in total. The van der Waals surface area contributed by atoms with Crippen molar-refractivity contribution in [3.05, 3.63) is 63.6 Å². The van der Waals surface area contributed by atoms with Crippen molar-refractivity contribution in [2.24, 2.45) is 0 Å². The molecule has 2 rings (SSSR count). The van der Waals surface area contributed by atoms with Gasteiger partial charge in [-0.2, -0.15) is 0 Å². The number of ketones is 1. The molecule has 9 heteroatoms. The molecule has 132 valence electrons. The molecule has 2 aromatic carbocycles. The molecule has 25 heavy (non-hydrogen) atoms. The summed E-state index contributed by atoms with van der Waals surface area (Å²) in [6, 6.07) is 10.1. The third-order valence-electron chi connectivity index (χ3n) is 2.97. The van der Waals surface area contributed by atoms with Crippen LogP contribution in [-0.2, 0) is 14.8 Å². The lowest BCUT2D eigenvalue weighted by Crippen LogP contribution is -2.15. The lowest BCUT2D eigenvalue weighted by molar-refractivity contribution is 0.0475. The molecule has 6 nitrogen and oxygen atoms in total. The van der Waals surface area contributed by atoms with Gasteiger partial charge in [-0.15, -0.1) is 0 Å². The topological polar surface area (TPSA) is 89.5 Å². The Kier molecular flexibility index (Phi) is 6.05. The van der Waals surface area contributed by atoms with Gasteiger partial charge in [-0.05, 0) is 36.4 Å². The number of sulfonamides is 1. The number of hydrogen-bond acceptors (Lipinski definition) is 5. The summed E-state index contributed by atoms with van der Waals surface area (Å²) < 4.78 is 29.6. The minimum Gasteiger partial charge on any atom is -0.454 e. The lowest BCUT2D eigenvalue weighted by atomic mass is 10.1. The van der Waals surface area contributed by atoms with E-state index in [0.29, 0.717) is 5.02 Å². The van der Waals surface area contributed by atoms with Crippen molar-refractivity contribution in [3.8, 4) is 0 Å². The van der Waals surface area contributed by atoms with E-state index < -0.39 is 28.4 Å². The molecule has 0 spiro atoms. The fraction of sp³-hybridized carbons (Fsp3) is 0.125. The molecule has 0 aliphatic carbocycles. The Morgan fingerprint density at radius 2 is 1.84 bits per heavy atom. The van der Waals surface area contributed by atoms with Crippen molar-refractivity contribution < 1.29 is 22.7 Å². The summed E-state index contributed by atoms with van der Waals surface area (Å²) in [6.07, 6.45) is 0.993. The highest BCUT2D eigenvalue weighted by atomic mass is 35.5. The molecular formula is C16H13Cl2NO5S. The first kappa shape index (κ1) is 19.2. The number of carbonyl (C=O) groups is 2. The van der Waals surface area contributed by atoms with Gasteiger partial charge in [0.05, 0.1) is 16.8 Å². The number of esters is 1. The predicted octanol–water partition coefficient (Wildman–Crippen LogP) is 3.40. The fourth-order valence-corrected chi connectivity index (χ4v) is 3.00. The van der Waals surface area contributed by atoms with Crippen molar-refractivity contribution in [1.82, 2.24) is 0 Å². The van der Waals surface area contributed by atoms with Crippen molar-refractivity contribution in [3.63, 3.8) is 0 Å². The Hall–Kier alpha value is -2.09. The summed E-state index contributed by atoms with van der Waals surface area (Å²) in [5, 5.41) is 0.543. The number of carbonyl (C=O) groups excluding carboxylic acids is 2. The van der Waals surface area contributed by atoms with Crippen LogP contribution in [0, 0.1) is 0 Å². The molecule has 0 heterocycles. The van der Waals surface area contributed by atoms with Gasteiger partial charge in [0.25, 0.3) is 0 Å². The van der Waals surface area contributed by atoms with E-state index in [-0.39, 0.29) is 21.8 Å². The van der Waals surface area contributed by atoms with Gasteiger partial charge in [-0.1, -0.05) is 29.3 Å². The van der Waals surface area contributed by atoms with E-state index >= 15 is 0 Å². The number of nitrogens with one attached hydrogen (secondary N) is 1. The van der Waals surface area contributed by atoms with Crippen LogP contribution in [0.1, 0.15) is 20.7 Å². The monoisotopic (exact) mass is 401 g/mol. The SMILES string of the molecule is CS(=O)(=O)Nc1cccc(C(=O)OCC(=O)c2ccc(Cl)cc2Cl)c1. The van der Waals surface area contributed by atoms with Crippen LogP contribution >= 0.6 is 23.2 Å². The number of benzene rings is 2. The van der Waals surface area contributed by atoms with Gasteiger partial charge in [-0.25, -0.2) is 13.2 Å². The van der Waals surface area contributed by atoms with E-state index in [1.54, 1.807) is 0 Å². The molecule has 0 radical (unpaired) electrons. The van der Waals surface area contributed by atoms with Crippen LogP contribution in [0.2, 0.25) is 10.0 Å². The minimum absolute atomic E-state index is 0.101. The van der Waals surface area contributed by atoms with E-state index in [2.05, 4.69) is 4.72 Å². The molecule has 0 bridgehead atoms. The van der Waals surface area contributed by atoms with Crippen LogP contribution in [0.3, 0.4) is 0 Å². The first-order valence-electron chi connectivity index (χ1n) is 6.89. The molecule has 2 aromatic rings. The molecule has 0 saturated carbocycles. The maximum absolute atomic E-state index is 12.1.